The second kappa shape index (κ2) is 9.69. The van der Waals surface area contributed by atoms with Crippen LogP contribution in [-0.4, -0.2) is 39.6 Å². The van der Waals surface area contributed by atoms with Gasteiger partial charge in [0, 0.05) is 12.3 Å². The lowest BCUT2D eigenvalue weighted by Crippen LogP contribution is -2.20. The van der Waals surface area contributed by atoms with Crippen LogP contribution in [0, 0.1) is 11.3 Å². The van der Waals surface area contributed by atoms with Gasteiger partial charge in [-0.15, -0.1) is 0 Å². The highest BCUT2D eigenvalue weighted by atomic mass is 19.4. The molecular formula is C22H15F3N4O4. The number of rotatable bonds is 7. The van der Waals surface area contributed by atoms with Gasteiger partial charge in [0.1, 0.15) is 18.2 Å². The van der Waals surface area contributed by atoms with E-state index in [0.717, 1.165) is 6.20 Å². The molecule has 0 saturated heterocycles. The number of alkyl halides is 3. The smallest absolute Gasteiger partial charge is 0.454 e. The minimum atomic E-state index is -5.02. The number of H-pyrrole nitrogens is 1. The van der Waals surface area contributed by atoms with Crippen molar-refractivity contribution < 1.29 is 32.6 Å². The SMILES string of the molecule is N#CC(=C(O)COC(=O)c1ccccc1NC=CC(=O)C(F)(F)F)c1nc2ccccc2[nH]1. The van der Waals surface area contributed by atoms with Crippen LogP contribution in [0.15, 0.2) is 66.6 Å². The molecule has 0 bridgehead atoms. The van der Waals surface area contributed by atoms with Crippen LogP contribution in [0.25, 0.3) is 16.6 Å². The maximum Gasteiger partial charge on any atom is 0.454 e. The van der Waals surface area contributed by atoms with E-state index in [0.29, 0.717) is 11.0 Å². The average Bonchev–Trinajstić information content (AvgIpc) is 3.21. The summed E-state index contributed by atoms with van der Waals surface area (Å²) in [5.41, 5.74) is 0.981. The second-order valence-corrected chi connectivity index (χ2v) is 6.50. The molecule has 33 heavy (non-hydrogen) atoms. The highest BCUT2D eigenvalue weighted by Crippen LogP contribution is 2.21. The van der Waals surface area contributed by atoms with Gasteiger partial charge in [-0.1, -0.05) is 24.3 Å². The molecule has 168 valence electrons. The van der Waals surface area contributed by atoms with Crippen molar-refractivity contribution in [2.75, 3.05) is 11.9 Å². The van der Waals surface area contributed by atoms with E-state index >= 15 is 0 Å². The molecule has 0 radical (unpaired) electrons. The Labute approximate surface area is 184 Å². The lowest BCUT2D eigenvalue weighted by atomic mass is 10.2. The third-order valence-electron chi connectivity index (χ3n) is 4.27. The van der Waals surface area contributed by atoms with Crippen LogP contribution in [-0.2, 0) is 9.53 Å². The molecule has 0 aliphatic heterocycles. The molecule has 1 heterocycles. The van der Waals surface area contributed by atoms with E-state index in [1.807, 2.05) is 0 Å². The maximum atomic E-state index is 12.4. The number of fused-ring (bicyclic) bond motifs is 1. The van der Waals surface area contributed by atoms with Gasteiger partial charge in [0.15, 0.2) is 11.6 Å². The molecule has 11 heteroatoms. The van der Waals surface area contributed by atoms with Gasteiger partial charge >= 0.3 is 12.1 Å². The molecule has 3 aromatic rings. The molecule has 0 unspecified atom stereocenters. The summed E-state index contributed by atoms with van der Waals surface area (Å²) in [6, 6.07) is 14.5. The van der Waals surface area contributed by atoms with Crippen molar-refractivity contribution >= 4 is 34.0 Å². The largest absolute Gasteiger partial charge is 0.507 e. The van der Waals surface area contributed by atoms with Gasteiger partial charge in [-0.05, 0) is 24.3 Å². The summed E-state index contributed by atoms with van der Waals surface area (Å²) in [5.74, 6) is -3.46. The molecule has 0 aliphatic rings. The van der Waals surface area contributed by atoms with E-state index in [1.54, 1.807) is 30.3 Å². The number of nitriles is 1. The number of carbonyl (C=O) groups excluding carboxylic acids is 2. The fourth-order valence-corrected chi connectivity index (χ4v) is 2.70. The summed E-state index contributed by atoms with van der Waals surface area (Å²) in [7, 11) is 0. The number of aliphatic hydroxyl groups excluding tert-OH is 1. The number of carbonyl (C=O) groups is 2. The summed E-state index contributed by atoms with van der Waals surface area (Å²) < 4.78 is 41.9. The first kappa shape index (κ1) is 23.1. The van der Waals surface area contributed by atoms with Crippen LogP contribution in [0.2, 0.25) is 0 Å². The molecule has 3 rings (SSSR count). The van der Waals surface area contributed by atoms with Crippen molar-refractivity contribution in [3.05, 3.63) is 78.0 Å². The van der Waals surface area contributed by atoms with E-state index in [4.69, 9.17) is 4.74 Å². The number of imidazole rings is 1. The van der Waals surface area contributed by atoms with Gasteiger partial charge in [0.2, 0.25) is 0 Å². The standard InChI is InChI=1S/C22H15F3N4O4/c23-22(24,25)19(31)9-10-27-15-6-2-1-5-13(15)21(32)33-12-18(30)14(11-26)20-28-16-7-3-4-8-17(16)29-20/h1-10,27,30H,12H2,(H,28,29). The first-order valence-corrected chi connectivity index (χ1v) is 9.28. The van der Waals surface area contributed by atoms with Gasteiger partial charge < -0.3 is 20.1 Å². The number of benzene rings is 2. The van der Waals surface area contributed by atoms with Gasteiger partial charge in [-0.2, -0.15) is 18.4 Å². The highest BCUT2D eigenvalue weighted by Gasteiger charge is 2.36. The zero-order valence-corrected chi connectivity index (χ0v) is 16.7. The van der Waals surface area contributed by atoms with E-state index in [9.17, 15) is 33.1 Å². The summed E-state index contributed by atoms with van der Waals surface area (Å²) in [5, 5.41) is 22.1. The number of aromatic nitrogens is 2. The number of aliphatic hydroxyl groups is 1. The number of allylic oxidation sites excluding steroid dienone is 2. The quantitative estimate of drug-likeness (QED) is 0.210. The Morgan fingerprint density at radius 2 is 1.88 bits per heavy atom. The predicted octanol–water partition coefficient (Wildman–Crippen LogP) is 4.27. The number of esters is 1. The Morgan fingerprint density at radius 3 is 2.58 bits per heavy atom. The van der Waals surface area contributed by atoms with Gasteiger partial charge in [-0.25, -0.2) is 9.78 Å². The van der Waals surface area contributed by atoms with Gasteiger partial charge in [-0.3, -0.25) is 4.79 Å². The van der Waals surface area contributed by atoms with E-state index in [2.05, 4.69) is 15.3 Å². The van der Waals surface area contributed by atoms with Crippen LogP contribution in [0.5, 0.6) is 0 Å². The van der Waals surface area contributed by atoms with Crippen LogP contribution in [0.3, 0.4) is 0 Å². The maximum absolute atomic E-state index is 12.4. The van der Waals surface area contributed by atoms with Crippen LogP contribution in [0.4, 0.5) is 18.9 Å². The zero-order chi connectivity index (χ0) is 24.0. The molecule has 8 nitrogen and oxygen atoms in total. The first-order valence-electron chi connectivity index (χ1n) is 9.28. The molecule has 0 saturated carbocycles. The minimum absolute atomic E-state index is 0.0648. The third-order valence-corrected chi connectivity index (χ3v) is 4.27. The van der Waals surface area contributed by atoms with Crippen LogP contribution >= 0.6 is 0 Å². The second-order valence-electron chi connectivity index (χ2n) is 6.50. The summed E-state index contributed by atoms with van der Waals surface area (Å²) in [4.78, 5) is 30.4. The number of aromatic amines is 1. The molecule has 3 N–H and O–H groups in total. The van der Waals surface area contributed by atoms with Gasteiger partial charge in [0.05, 0.1) is 22.3 Å². The van der Waals surface area contributed by atoms with Crippen LogP contribution < -0.4 is 5.32 Å². The van der Waals surface area contributed by atoms with Crippen molar-refractivity contribution in [1.29, 1.82) is 5.26 Å². The fraction of sp³-hybridized carbons (Fsp3) is 0.0909. The summed E-state index contributed by atoms with van der Waals surface area (Å²) in [6.07, 6.45) is -3.99. The number of ether oxygens (including phenoxy) is 1. The number of hydrogen-bond donors (Lipinski definition) is 3. The van der Waals surface area contributed by atoms with Crippen LogP contribution in [0.1, 0.15) is 16.2 Å². The van der Waals surface area contributed by atoms with E-state index in [1.165, 1.54) is 24.3 Å². The Kier molecular flexibility index (Phi) is 6.78. The predicted molar refractivity (Wildman–Crippen MR) is 112 cm³/mol. The average molecular weight is 456 g/mol. The van der Waals surface area contributed by atoms with Crippen molar-refractivity contribution in [3.63, 3.8) is 0 Å². The van der Waals surface area contributed by atoms with E-state index < -0.39 is 30.3 Å². The van der Waals surface area contributed by atoms with Crippen molar-refractivity contribution in [1.82, 2.24) is 9.97 Å². The minimum Gasteiger partial charge on any atom is -0.507 e. The molecule has 0 spiro atoms. The van der Waals surface area contributed by atoms with Crippen molar-refractivity contribution in [2.45, 2.75) is 6.18 Å². The molecular weight excluding hydrogens is 441 g/mol. The number of anilines is 1. The van der Waals surface area contributed by atoms with Crippen molar-refractivity contribution in [2.24, 2.45) is 0 Å². The third kappa shape index (κ3) is 5.56. The summed E-state index contributed by atoms with van der Waals surface area (Å²) in [6.45, 7) is -0.657. The first-order chi connectivity index (χ1) is 15.7. The topological polar surface area (TPSA) is 128 Å². The zero-order valence-electron chi connectivity index (χ0n) is 16.7. The Morgan fingerprint density at radius 1 is 1.18 bits per heavy atom. The molecule has 0 amide bonds. The summed E-state index contributed by atoms with van der Waals surface area (Å²) >= 11 is 0. The number of ketones is 1. The molecule has 0 fully saturated rings. The Hall–Kier alpha value is -4.59. The number of halogens is 3. The highest BCUT2D eigenvalue weighted by molar-refractivity contribution is 5.97. The Bertz CT molecular complexity index is 1270. The number of nitrogens with zero attached hydrogens (tertiary/aromatic N) is 2. The Balaban J connectivity index is 1.73. The lowest BCUT2D eigenvalue weighted by Gasteiger charge is -2.10. The number of para-hydroxylation sites is 3. The molecule has 0 atom stereocenters. The lowest BCUT2D eigenvalue weighted by molar-refractivity contribution is -0.165. The monoisotopic (exact) mass is 456 g/mol. The van der Waals surface area contributed by atoms with Crippen molar-refractivity contribution in [3.8, 4) is 6.07 Å². The fourth-order valence-electron chi connectivity index (χ4n) is 2.70. The number of nitrogens with one attached hydrogen (secondary N) is 2. The van der Waals surface area contributed by atoms with E-state index in [-0.39, 0.29) is 28.7 Å². The molecule has 1 aromatic heterocycles. The number of hydrogen-bond acceptors (Lipinski definition) is 7. The normalized spacial score (nSPS) is 12.3. The molecule has 0 aliphatic carbocycles. The van der Waals surface area contributed by atoms with Gasteiger partial charge in [0.25, 0.3) is 5.78 Å². The molecule has 2 aromatic carbocycles.